The summed E-state index contributed by atoms with van der Waals surface area (Å²) in [5, 5.41) is 16.9. The molecule has 2 N–H and O–H groups in total. The summed E-state index contributed by atoms with van der Waals surface area (Å²) in [5.74, 6) is 0.917. The van der Waals surface area contributed by atoms with Crippen molar-refractivity contribution in [3.63, 3.8) is 0 Å². The Kier molecular flexibility index (Phi) is 4.92. The number of hydrogen-bond donors (Lipinski definition) is 2. The Balaban J connectivity index is 1.86. The molecule has 2 heterocycles. The number of anilines is 1. The largest absolute Gasteiger partial charge is 0.392 e. The molecule has 0 bridgehead atoms. The minimum Gasteiger partial charge on any atom is -0.392 e. The van der Waals surface area contributed by atoms with E-state index in [1.807, 2.05) is 44.2 Å². The summed E-state index contributed by atoms with van der Waals surface area (Å²) in [6.07, 6.45) is 0.286. The summed E-state index contributed by atoms with van der Waals surface area (Å²) in [6, 6.07) is 11.0. The van der Waals surface area contributed by atoms with Gasteiger partial charge in [-0.15, -0.1) is 0 Å². The van der Waals surface area contributed by atoms with E-state index in [1.165, 1.54) is 0 Å². The molecule has 1 aliphatic rings. The van der Waals surface area contributed by atoms with E-state index in [1.54, 1.807) is 13.0 Å². The average Bonchev–Trinajstić information content (AvgIpc) is 2.97. The number of piperidine rings is 1. The van der Waals surface area contributed by atoms with Gasteiger partial charge in [-0.1, -0.05) is 49.3 Å². The summed E-state index contributed by atoms with van der Waals surface area (Å²) >= 11 is 0. The lowest BCUT2D eigenvalue weighted by atomic mass is 9.80. The third-order valence-corrected chi connectivity index (χ3v) is 4.81. The Morgan fingerprint density at radius 1 is 1.40 bits per heavy atom. The SMILES string of the molecule is Cc1cc(NC(=O)C(c2ccccc2)N2CCC(O)C(C)(C)C2)no1. The molecule has 134 valence electrons. The number of hydrogen-bond acceptors (Lipinski definition) is 5. The Hall–Kier alpha value is -2.18. The number of aromatic nitrogens is 1. The van der Waals surface area contributed by atoms with Gasteiger partial charge in [0.2, 0.25) is 5.91 Å². The molecule has 25 heavy (non-hydrogen) atoms. The first-order valence-electron chi connectivity index (χ1n) is 8.58. The number of aliphatic hydroxyl groups excluding tert-OH is 1. The maximum atomic E-state index is 13.0. The zero-order valence-electron chi connectivity index (χ0n) is 14.9. The van der Waals surface area contributed by atoms with Crippen molar-refractivity contribution in [2.24, 2.45) is 5.41 Å². The lowest BCUT2D eigenvalue weighted by molar-refractivity contribution is -0.125. The maximum absolute atomic E-state index is 13.0. The molecule has 0 saturated carbocycles. The second-order valence-corrected chi connectivity index (χ2v) is 7.39. The predicted octanol–water partition coefficient (Wildman–Crippen LogP) is 2.76. The van der Waals surface area contributed by atoms with Crippen molar-refractivity contribution in [2.45, 2.75) is 39.3 Å². The zero-order chi connectivity index (χ0) is 18.0. The van der Waals surface area contributed by atoms with Gasteiger partial charge in [0.1, 0.15) is 11.8 Å². The van der Waals surface area contributed by atoms with Crippen LogP contribution in [-0.2, 0) is 4.79 Å². The van der Waals surface area contributed by atoms with Crippen molar-refractivity contribution in [3.8, 4) is 0 Å². The fourth-order valence-corrected chi connectivity index (χ4v) is 3.39. The molecule has 0 spiro atoms. The van der Waals surface area contributed by atoms with Crippen LogP contribution >= 0.6 is 0 Å². The number of benzene rings is 1. The van der Waals surface area contributed by atoms with E-state index in [2.05, 4.69) is 15.4 Å². The fraction of sp³-hybridized carbons (Fsp3) is 0.474. The number of nitrogens with zero attached hydrogens (tertiary/aromatic N) is 2. The van der Waals surface area contributed by atoms with Crippen molar-refractivity contribution in [2.75, 3.05) is 18.4 Å². The highest BCUT2D eigenvalue weighted by Crippen LogP contribution is 2.34. The molecule has 1 aromatic heterocycles. The third kappa shape index (κ3) is 3.91. The van der Waals surface area contributed by atoms with Crippen molar-refractivity contribution in [1.29, 1.82) is 0 Å². The summed E-state index contributed by atoms with van der Waals surface area (Å²) < 4.78 is 5.03. The molecule has 2 aromatic rings. The molecule has 6 nitrogen and oxygen atoms in total. The van der Waals surface area contributed by atoms with E-state index in [4.69, 9.17) is 4.52 Å². The van der Waals surface area contributed by atoms with Crippen molar-refractivity contribution < 1.29 is 14.4 Å². The Morgan fingerprint density at radius 2 is 2.12 bits per heavy atom. The standard InChI is InChI=1S/C19H25N3O3/c1-13-11-16(21-25-13)20-18(24)17(14-7-5-4-6-8-14)22-10-9-15(23)19(2,3)12-22/h4-8,11,15,17,23H,9-10,12H2,1-3H3,(H,20,21,24). The summed E-state index contributed by atoms with van der Waals surface area (Å²) in [4.78, 5) is 15.1. The molecule has 0 radical (unpaired) electrons. The first-order valence-corrected chi connectivity index (χ1v) is 8.58. The van der Waals surface area contributed by atoms with Crippen LogP contribution in [0.1, 0.15) is 37.6 Å². The fourth-order valence-electron chi connectivity index (χ4n) is 3.39. The highest BCUT2D eigenvalue weighted by atomic mass is 16.5. The van der Waals surface area contributed by atoms with E-state index >= 15 is 0 Å². The lowest BCUT2D eigenvalue weighted by Gasteiger charge is -2.44. The highest BCUT2D eigenvalue weighted by Gasteiger charge is 2.39. The summed E-state index contributed by atoms with van der Waals surface area (Å²) in [5.41, 5.74) is 0.656. The Morgan fingerprint density at radius 3 is 2.72 bits per heavy atom. The van der Waals surface area contributed by atoms with E-state index in [0.717, 1.165) is 5.56 Å². The molecule has 1 saturated heterocycles. The molecule has 2 unspecified atom stereocenters. The third-order valence-electron chi connectivity index (χ3n) is 4.81. The summed E-state index contributed by atoms with van der Waals surface area (Å²) in [6.45, 7) is 7.15. The summed E-state index contributed by atoms with van der Waals surface area (Å²) in [7, 11) is 0. The maximum Gasteiger partial charge on any atom is 0.247 e. The van der Waals surface area contributed by atoms with Crippen LogP contribution in [0.4, 0.5) is 5.82 Å². The molecule has 1 aromatic carbocycles. The number of aliphatic hydroxyl groups is 1. The second kappa shape index (κ2) is 6.98. The number of likely N-dealkylation sites (tertiary alicyclic amines) is 1. The highest BCUT2D eigenvalue weighted by molar-refractivity contribution is 5.94. The molecule has 2 atom stereocenters. The predicted molar refractivity (Wildman–Crippen MR) is 95.0 cm³/mol. The van der Waals surface area contributed by atoms with Gasteiger partial charge in [0, 0.05) is 24.6 Å². The van der Waals surface area contributed by atoms with Gasteiger partial charge in [0.25, 0.3) is 0 Å². The molecule has 1 amide bonds. The number of carbonyl (C=O) groups excluding carboxylic acids is 1. The number of rotatable bonds is 4. The van der Waals surface area contributed by atoms with E-state index in [0.29, 0.717) is 31.1 Å². The monoisotopic (exact) mass is 343 g/mol. The van der Waals surface area contributed by atoms with Crippen LogP contribution < -0.4 is 5.32 Å². The van der Waals surface area contributed by atoms with Crippen molar-refractivity contribution in [1.82, 2.24) is 10.1 Å². The Labute approximate surface area is 147 Å². The van der Waals surface area contributed by atoms with Gasteiger partial charge in [0.05, 0.1) is 6.10 Å². The van der Waals surface area contributed by atoms with Crippen molar-refractivity contribution in [3.05, 3.63) is 47.7 Å². The molecule has 6 heteroatoms. The van der Waals surface area contributed by atoms with Crippen LogP contribution in [0.3, 0.4) is 0 Å². The van der Waals surface area contributed by atoms with Crippen LogP contribution in [0, 0.1) is 12.3 Å². The van der Waals surface area contributed by atoms with Gasteiger partial charge in [-0.05, 0) is 18.9 Å². The van der Waals surface area contributed by atoms with Crippen LogP contribution in [-0.4, -0.2) is 40.3 Å². The second-order valence-electron chi connectivity index (χ2n) is 7.39. The normalized spacial score (nSPS) is 21.7. The zero-order valence-corrected chi connectivity index (χ0v) is 14.9. The number of aryl methyl sites for hydroxylation is 1. The number of carbonyl (C=O) groups is 1. The topological polar surface area (TPSA) is 78.6 Å². The van der Waals surface area contributed by atoms with E-state index in [-0.39, 0.29) is 17.4 Å². The van der Waals surface area contributed by atoms with Gasteiger partial charge >= 0.3 is 0 Å². The van der Waals surface area contributed by atoms with Gasteiger partial charge in [-0.3, -0.25) is 9.69 Å². The molecule has 3 rings (SSSR count). The molecular formula is C19H25N3O3. The van der Waals surface area contributed by atoms with Crippen LogP contribution in [0.2, 0.25) is 0 Å². The minimum atomic E-state index is -0.440. The van der Waals surface area contributed by atoms with E-state index in [9.17, 15) is 9.90 Å². The van der Waals surface area contributed by atoms with Crippen LogP contribution in [0.25, 0.3) is 0 Å². The van der Waals surface area contributed by atoms with Gasteiger partial charge in [-0.25, -0.2) is 0 Å². The molecule has 1 fully saturated rings. The first kappa shape index (κ1) is 17.6. The average molecular weight is 343 g/mol. The Bertz CT molecular complexity index is 727. The van der Waals surface area contributed by atoms with Crippen molar-refractivity contribution >= 4 is 11.7 Å². The van der Waals surface area contributed by atoms with Gasteiger partial charge in [0.15, 0.2) is 5.82 Å². The lowest BCUT2D eigenvalue weighted by Crippen LogP contribution is -2.51. The first-order chi connectivity index (χ1) is 11.9. The number of amides is 1. The van der Waals surface area contributed by atoms with Crippen LogP contribution in [0.15, 0.2) is 40.9 Å². The van der Waals surface area contributed by atoms with Gasteiger partial charge < -0.3 is 14.9 Å². The van der Waals surface area contributed by atoms with Crippen LogP contribution in [0.5, 0.6) is 0 Å². The van der Waals surface area contributed by atoms with E-state index < -0.39 is 6.04 Å². The smallest absolute Gasteiger partial charge is 0.247 e. The quantitative estimate of drug-likeness (QED) is 0.892. The van der Waals surface area contributed by atoms with Gasteiger partial charge in [-0.2, -0.15) is 0 Å². The molecule has 1 aliphatic heterocycles. The number of nitrogens with one attached hydrogen (secondary N) is 1. The molecule has 0 aliphatic carbocycles. The minimum absolute atomic E-state index is 0.147. The molecular weight excluding hydrogens is 318 g/mol.